The number of rotatable bonds is 11. The third-order valence-corrected chi connectivity index (χ3v) is 7.20. The molecule has 10 nitrogen and oxygen atoms in total. The quantitative estimate of drug-likeness (QED) is 0.392. The van der Waals surface area contributed by atoms with Crippen LogP contribution < -0.4 is 15.4 Å². The van der Waals surface area contributed by atoms with Crippen LogP contribution in [0.25, 0.3) is 0 Å². The summed E-state index contributed by atoms with van der Waals surface area (Å²) in [6.45, 7) is 4.31. The van der Waals surface area contributed by atoms with E-state index in [1.807, 2.05) is 13.8 Å². The van der Waals surface area contributed by atoms with Crippen molar-refractivity contribution in [3.05, 3.63) is 53.2 Å². The van der Waals surface area contributed by atoms with E-state index in [4.69, 9.17) is 16.3 Å². The summed E-state index contributed by atoms with van der Waals surface area (Å²) in [6, 6.07) is 2.86. The van der Waals surface area contributed by atoms with Crippen LogP contribution in [0, 0.1) is 17.8 Å². The van der Waals surface area contributed by atoms with Gasteiger partial charge in [-0.3, -0.25) is 19.0 Å². The van der Waals surface area contributed by atoms with Gasteiger partial charge in [0.2, 0.25) is 11.8 Å². The van der Waals surface area contributed by atoms with Gasteiger partial charge in [-0.05, 0) is 69.4 Å². The molecule has 1 atom stereocenters. The number of nitrogens with one attached hydrogen (secondary N) is 2. The van der Waals surface area contributed by atoms with Crippen LogP contribution in [0.5, 0.6) is 5.88 Å². The van der Waals surface area contributed by atoms with Gasteiger partial charge in [-0.2, -0.15) is 10.2 Å². The Labute approximate surface area is 220 Å². The van der Waals surface area contributed by atoms with Gasteiger partial charge in [-0.1, -0.05) is 11.6 Å². The fraction of sp³-hybridized carbons (Fsp3) is 0.500. The van der Waals surface area contributed by atoms with Crippen LogP contribution in [-0.2, 0) is 11.3 Å². The van der Waals surface area contributed by atoms with Gasteiger partial charge in [0.05, 0.1) is 30.6 Å². The van der Waals surface area contributed by atoms with Crippen molar-refractivity contribution in [1.82, 2.24) is 29.9 Å². The number of ether oxygens (including phenoxy) is 1. The first kappa shape index (κ1) is 25.3. The van der Waals surface area contributed by atoms with Gasteiger partial charge in [0, 0.05) is 30.2 Å². The number of anilines is 1. The largest absolute Gasteiger partial charge is 0.481 e. The fourth-order valence-corrected chi connectivity index (χ4v) is 5.20. The number of hydrogen-bond acceptors (Lipinski definition) is 6. The Morgan fingerprint density at radius 2 is 1.89 bits per heavy atom. The van der Waals surface area contributed by atoms with Crippen LogP contribution in [0.2, 0.25) is 5.02 Å². The first-order valence-electron chi connectivity index (χ1n) is 12.7. The summed E-state index contributed by atoms with van der Waals surface area (Å²) >= 11 is 6.10. The molecule has 5 rings (SSSR count). The number of carbonyl (C=O) groups excluding carboxylic acids is 2. The number of pyridine rings is 1. The summed E-state index contributed by atoms with van der Waals surface area (Å²) in [4.78, 5) is 31.1. The lowest BCUT2D eigenvalue weighted by molar-refractivity contribution is -0.119. The molecule has 2 aliphatic rings. The summed E-state index contributed by atoms with van der Waals surface area (Å²) in [7, 11) is 1.55. The minimum Gasteiger partial charge on any atom is -0.481 e. The Bertz CT molecular complexity index is 1270. The van der Waals surface area contributed by atoms with Crippen molar-refractivity contribution < 1.29 is 14.3 Å². The summed E-state index contributed by atoms with van der Waals surface area (Å²) in [5, 5.41) is 15.2. The lowest BCUT2D eigenvalue weighted by Crippen LogP contribution is -2.50. The average Bonchev–Trinajstić information content (AvgIpc) is 3.79. The molecule has 3 aromatic rings. The molecule has 0 bridgehead atoms. The van der Waals surface area contributed by atoms with Crippen molar-refractivity contribution in [3.63, 3.8) is 0 Å². The lowest BCUT2D eigenvalue weighted by atomic mass is 9.88. The number of hydrogen-bond donors (Lipinski definition) is 2. The molecule has 2 aliphatic carbocycles. The predicted octanol–water partition coefficient (Wildman–Crippen LogP) is 3.94. The van der Waals surface area contributed by atoms with Crippen molar-refractivity contribution >= 4 is 29.1 Å². The molecule has 0 radical (unpaired) electrons. The highest BCUT2D eigenvalue weighted by atomic mass is 35.5. The molecule has 1 unspecified atom stereocenters. The number of halogens is 1. The second-order valence-corrected chi connectivity index (χ2v) is 10.6. The second-order valence-electron chi connectivity index (χ2n) is 10.2. The highest BCUT2D eigenvalue weighted by Crippen LogP contribution is 2.51. The molecule has 0 aliphatic heterocycles. The average molecular weight is 526 g/mol. The van der Waals surface area contributed by atoms with Crippen molar-refractivity contribution in [2.75, 3.05) is 12.4 Å². The summed E-state index contributed by atoms with van der Waals surface area (Å²) in [6.07, 6.45) is 10.9. The molecule has 0 spiro atoms. The van der Waals surface area contributed by atoms with E-state index in [2.05, 4.69) is 25.8 Å². The minimum atomic E-state index is -0.636. The zero-order chi connectivity index (χ0) is 26.1. The maximum absolute atomic E-state index is 13.6. The number of aromatic nitrogens is 5. The Morgan fingerprint density at radius 1 is 1.16 bits per heavy atom. The smallest absolute Gasteiger partial charge is 0.270 e. The van der Waals surface area contributed by atoms with Crippen molar-refractivity contribution in [2.45, 2.75) is 58.2 Å². The van der Waals surface area contributed by atoms with Gasteiger partial charge in [0.15, 0.2) is 0 Å². The predicted molar refractivity (Wildman–Crippen MR) is 139 cm³/mol. The minimum absolute atomic E-state index is 0.0323. The zero-order valence-electron chi connectivity index (χ0n) is 21.2. The molecule has 2 amide bonds. The highest BCUT2D eigenvalue weighted by Gasteiger charge is 2.48. The molecule has 2 N–H and O–H groups in total. The molecule has 0 aromatic carbocycles. The third kappa shape index (κ3) is 5.79. The molecule has 11 heteroatoms. The van der Waals surface area contributed by atoms with Gasteiger partial charge in [-0.25, -0.2) is 4.98 Å². The third-order valence-electron chi connectivity index (χ3n) is 7.00. The number of carbonyl (C=O) groups is 2. The standard InChI is InChI=1S/C26H32ClN7O3/c1-15(2)34-21(8-9-29-34)24(35)32-23(22(16-4-5-16)17-6-7-17)25(36)31-20-12-30-33(14-20)13-18-10-19(27)11-28-26(18)37-3/h8-12,14-17,22-23H,4-7,13H2,1-3H3,(H,31,36)(H,32,35). The number of amides is 2. The van der Waals surface area contributed by atoms with E-state index in [0.29, 0.717) is 40.7 Å². The van der Waals surface area contributed by atoms with Crippen molar-refractivity contribution in [2.24, 2.45) is 17.8 Å². The Balaban J connectivity index is 1.33. The van der Waals surface area contributed by atoms with Gasteiger partial charge >= 0.3 is 0 Å². The van der Waals surface area contributed by atoms with E-state index in [0.717, 1.165) is 31.2 Å². The SMILES string of the molecule is COc1ncc(Cl)cc1Cn1cc(NC(=O)C(NC(=O)c2ccnn2C(C)C)C(C2CC2)C2CC2)cn1. The van der Waals surface area contributed by atoms with E-state index in [1.165, 1.54) is 6.20 Å². The maximum atomic E-state index is 13.6. The first-order chi connectivity index (χ1) is 17.8. The van der Waals surface area contributed by atoms with Crippen LogP contribution in [-0.4, -0.2) is 49.5 Å². The number of methoxy groups -OCH3 is 1. The summed E-state index contributed by atoms with van der Waals surface area (Å²) < 4.78 is 8.68. The molecule has 3 heterocycles. The van der Waals surface area contributed by atoms with Gasteiger partial charge in [0.25, 0.3) is 5.91 Å². The van der Waals surface area contributed by atoms with E-state index in [1.54, 1.807) is 47.2 Å². The van der Waals surface area contributed by atoms with Crippen LogP contribution in [0.15, 0.2) is 36.9 Å². The van der Waals surface area contributed by atoms with Crippen molar-refractivity contribution in [3.8, 4) is 5.88 Å². The maximum Gasteiger partial charge on any atom is 0.270 e. The van der Waals surface area contributed by atoms with E-state index in [-0.39, 0.29) is 23.8 Å². The number of nitrogens with zero attached hydrogens (tertiary/aromatic N) is 5. The first-order valence-corrected chi connectivity index (χ1v) is 13.1. The molecular formula is C26H32ClN7O3. The van der Waals surface area contributed by atoms with Gasteiger partial charge in [0.1, 0.15) is 11.7 Å². The van der Waals surface area contributed by atoms with Crippen LogP contribution in [0.1, 0.15) is 61.6 Å². The molecule has 37 heavy (non-hydrogen) atoms. The summed E-state index contributed by atoms with van der Waals surface area (Å²) in [5.41, 5.74) is 1.77. The normalized spacial score (nSPS) is 16.2. The monoisotopic (exact) mass is 525 g/mol. The summed E-state index contributed by atoms with van der Waals surface area (Å²) in [5.74, 6) is 0.998. The van der Waals surface area contributed by atoms with E-state index in [9.17, 15) is 9.59 Å². The van der Waals surface area contributed by atoms with Gasteiger partial charge in [-0.15, -0.1) is 0 Å². The van der Waals surface area contributed by atoms with Crippen LogP contribution in [0.4, 0.5) is 5.69 Å². The highest BCUT2D eigenvalue weighted by molar-refractivity contribution is 6.30. The molecule has 3 aromatic heterocycles. The Hall–Kier alpha value is -3.40. The Kier molecular flexibility index (Phi) is 7.19. The molecular weight excluding hydrogens is 494 g/mol. The Morgan fingerprint density at radius 3 is 2.54 bits per heavy atom. The van der Waals surface area contributed by atoms with Gasteiger partial charge < -0.3 is 15.4 Å². The molecule has 2 saturated carbocycles. The molecule has 196 valence electrons. The lowest BCUT2D eigenvalue weighted by Gasteiger charge is -2.27. The van der Waals surface area contributed by atoms with E-state index < -0.39 is 6.04 Å². The molecule has 2 fully saturated rings. The topological polar surface area (TPSA) is 116 Å². The van der Waals surface area contributed by atoms with E-state index >= 15 is 0 Å². The molecule has 0 saturated heterocycles. The van der Waals surface area contributed by atoms with Crippen LogP contribution >= 0.6 is 11.6 Å². The zero-order valence-corrected chi connectivity index (χ0v) is 22.0. The van der Waals surface area contributed by atoms with Crippen molar-refractivity contribution in [1.29, 1.82) is 0 Å². The second kappa shape index (κ2) is 10.5. The fourth-order valence-electron chi connectivity index (χ4n) is 5.02. The van der Waals surface area contributed by atoms with Crippen LogP contribution in [0.3, 0.4) is 0 Å².